The van der Waals surface area contributed by atoms with Gasteiger partial charge in [-0.2, -0.15) is 5.26 Å². The number of rotatable bonds is 3. The number of Topliss-reactive ketones (excluding diaryl/α,β-unsaturated/α-hetero) is 1. The van der Waals surface area contributed by atoms with E-state index >= 15 is 0 Å². The maximum atomic E-state index is 12.2. The van der Waals surface area contributed by atoms with Gasteiger partial charge in [-0.05, 0) is 36.0 Å². The Morgan fingerprint density at radius 3 is 2.33 bits per heavy atom. The lowest BCUT2D eigenvalue weighted by molar-refractivity contribution is -0.137. The Bertz CT molecular complexity index is 353. The molecule has 1 rings (SSSR count). The van der Waals surface area contributed by atoms with Crippen molar-refractivity contribution in [1.29, 1.82) is 5.26 Å². The van der Waals surface area contributed by atoms with Crippen LogP contribution in [0.3, 0.4) is 0 Å². The number of hydrogen-bond acceptors (Lipinski definition) is 2. The van der Waals surface area contributed by atoms with Gasteiger partial charge in [0, 0.05) is 5.92 Å². The molecule has 2 nitrogen and oxygen atoms in total. The molecular weight excluding hydrogens is 222 g/mol. The zero-order chi connectivity index (χ0) is 14.1. The molecular formula is C16H27NO. The largest absolute Gasteiger partial charge is 0.298 e. The lowest BCUT2D eigenvalue weighted by Gasteiger charge is -2.49. The Morgan fingerprint density at radius 2 is 1.94 bits per heavy atom. The molecule has 0 aliphatic heterocycles. The van der Waals surface area contributed by atoms with Crippen LogP contribution in [-0.2, 0) is 4.79 Å². The van der Waals surface area contributed by atoms with E-state index in [0.717, 1.165) is 12.8 Å². The summed E-state index contributed by atoms with van der Waals surface area (Å²) in [7, 11) is 0. The topological polar surface area (TPSA) is 40.9 Å². The van der Waals surface area contributed by atoms with Crippen LogP contribution in [0.4, 0.5) is 0 Å². The van der Waals surface area contributed by atoms with Gasteiger partial charge in [-0.15, -0.1) is 0 Å². The Hall–Kier alpha value is -0.840. The average Bonchev–Trinajstić information content (AvgIpc) is 2.29. The maximum absolute atomic E-state index is 12.2. The average molecular weight is 249 g/mol. The lowest BCUT2D eigenvalue weighted by Crippen LogP contribution is -2.48. The molecule has 0 aromatic rings. The van der Waals surface area contributed by atoms with Gasteiger partial charge in [0.05, 0.1) is 6.07 Å². The summed E-state index contributed by atoms with van der Waals surface area (Å²) in [6, 6.07) is 2.22. The Morgan fingerprint density at radius 1 is 1.39 bits per heavy atom. The van der Waals surface area contributed by atoms with Crippen LogP contribution in [0.1, 0.15) is 54.4 Å². The van der Waals surface area contributed by atoms with E-state index in [2.05, 4.69) is 40.7 Å². The summed E-state index contributed by atoms with van der Waals surface area (Å²) in [5, 5.41) is 9.19. The van der Waals surface area contributed by atoms with Gasteiger partial charge in [-0.3, -0.25) is 4.79 Å². The second-order valence-corrected chi connectivity index (χ2v) is 6.97. The van der Waals surface area contributed by atoms with Crippen molar-refractivity contribution in [2.75, 3.05) is 0 Å². The predicted molar refractivity (Wildman–Crippen MR) is 73.8 cm³/mol. The number of nitrogens with zero attached hydrogens (tertiary/aromatic N) is 1. The van der Waals surface area contributed by atoms with Crippen LogP contribution in [0.2, 0.25) is 0 Å². The van der Waals surface area contributed by atoms with Crippen LogP contribution in [0.15, 0.2) is 0 Å². The normalized spacial score (nSPS) is 37.1. The molecule has 1 aliphatic rings. The third-order valence-electron chi connectivity index (χ3n) is 5.09. The van der Waals surface area contributed by atoms with Crippen molar-refractivity contribution in [3.8, 4) is 6.07 Å². The van der Waals surface area contributed by atoms with Crippen LogP contribution in [0.5, 0.6) is 0 Å². The fourth-order valence-electron chi connectivity index (χ4n) is 3.53. The minimum Gasteiger partial charge on any atom is -0.298 e. The molecule has 0 N–H and O–H groups in total. The fourth-order valence-corrected chi connectivity index (χ4v) is 3.53. The molecule has 1 fully saturated rings. The molecule has 0 radical (unpaired) electrons. The van der Waals surface area contributed by atoms with E-state index in [1.165, 1.54) is 0 Å². The highest BCUT2D eigenvalue weighted by Gasteiger charge is 2.49. The molecule has 0 saturated heterocycles. The van der Waals surface area contributed by atoms with Gasteiger partial charge in [0.15, 0.2) is 5.78 Å². The summed E-state index contributed by atoms with van der Waals surface area (Å²) in [4.78, 5) is 12.2. The summed E-state index contributed by atoms with van der Waals surface area (Å²) < 4.78 is 0. The van der Waals surface area contributed by atoms with E-state index in [1.807, 2.05) is 6.92 Å². The molecule has 2 heteroatoms. The molecule has 102 valence electrons. The van der Waals surface area contributed by atoms with E-state index in [0.29, 0.717) is 17.8 Å². The van der Waals surface area contributed by atoms with E-state index < -0.39 is 5.92 Å². The molecule has 1 aliphatic carbocycles. The summed E-state index contributed by atoms with van der Waals surface area (Å²) >= 11 is 0. The Labute approximate surface area is 112 Å². The van der Waals surface area contributed by atoms with Crippen LogP contribution >= 0.6 is 0 Å². The van der Waals surface area contributed by atoms with Gasteiger partial charge in [-0.25, -0.2) is 0 Å². The molecule has 0 heterocycles. The number of hydrogen-bond donors (Lipinski definition) is 0. The van der Waals surface area contributed by atoms with Gasteiger partial charge in [-0.1, -0.05) is 41.5 Å². The first-order valence-electron chi connectivity index (χ1n) is 7.17. The number of carbonyl (C=O) groups excluding carboxylic acids is 1. The summed E-state index contributed by atoms with van der Waals surface area (Å²) in [6.07, 6.45) is 1.82. The minimum atomic E-state index is -0.393. The lowest BCUT2D eigenvalue weighted by atomic mass is 9.54. The first kappa shape index (κ1) is 15.2. The van der Waals surface area contributed by atoms with Crippen molar-refractivity contribution in [2.24, 2.45) is 35.0 Å². The quantitative estimate of drug-likeness (QED) is 0.756. The number of ketones is 1. The standard InChI is InChI=1S/C16H27NO/c1-10(2)7-14-12(5)15(18)13(9-17)8-16(14,6)11(3)4/h10-14H,7-8H2,1-6H3/t12-,13?,14-,16+/m1/s1. The molecule has 0 spiro atoms. The van der Waals surface area contributed by atoms with Gasteiger partial charge in [0.1, 0.15) is 5.92 Å². The maximum Gasteiger partial charge on any atom is 0.153 e. The van der Waals surface area contributed by atoms with E-state index in [-0.39, 0.29) is 17.1 Å². The molecule has 0 aromatic heterocycles. The van der Waals surface area contributed by atoms with Gasteiger partial charge in [0.2, 0.25) is 0 Å². The first-order valence-corrected chi connectivity index (χ1v) is 7.17. The number of carbonyl (C=O) groups is 1. The van der Waals surface area contributed by atoms with Crippen molar-refractivity contribution in [1.82, 2.24) is 0 Å². The van der Waals surface area contributed by atoms with E-state index in [1.54, 1.807) is 0 Å². The molecule has 0 bridgehead atoms. The zero-order valence-corrected chi connectivity index (χ0v) is 12.7. The predicted octanol–water partition coefficient (Wildman–Crippen LogP) is 4.06. The molecule has 18 heavy (non-hydrogen) atoms. The molecule has 1 saturated carbocycles. The highest BCUT2D eigenvalue weighted by atomic mass is 16.1. The van der Waals surface area contributed by atoms with Gasteiger partial charge >= 0.3 is 0 Å². The monoisotopic (exact) mass is 249 g/mol. The second-order valence-electron chi connectivity index (χ2n) is 6.97. The Kier molecular flexibility index (Phi) is 4.59. The van der Waals surface area contributed by atoms with Crippen LogP contribution in [-0.4, -0.2) is 5.78 Å². The summed E-state index contributed by atoms with van der Waals surface area (Å²) in [5.41, 5.74) is 0.109. The number of nitriles is 1. The SMILES string of the molecule is CC(C)C[C@@H]1[C@@H](C)C(=O)C(C#N)C[C@@]1(C)C(C)C. The highest BCUT2D eigenvalue weighted by molar-refractivity contribution is 5.86. The summed E-state index contributed by atoms with van der Waals surface area (Å²) in [6.45, 7) is 13.2. The highest BCUT2D eigenvalue weighted by Crippen LogP contribution is 2.51. The third kappa shape index (κ3) is 2.60. The molecule has 0 aromatic carbocycles. The van der Waals surface area contributed by atoms with Crippen molar-refractivity contribution in [3.05, 3.63) is 0 Å². The van der Waals surface area contributed by atoms with Crippen molar-refractivity contribution >= 4 is 5.78 Å². The van der Waals surface area contributed by atoms with Crippen LogP contribution < -0.4 is 0 Å². The van der Waals surface area contributed by atoms with Gasteiger partial charge in [0.25, 0.3) is 0 Å². The summed E-state index contributed by atoms with van der Waals surface area (Å²) in [5.74, 6) is 1.32. The van der Waals surface area contributed by atoms with E-state index in [9.17, 15) is 10.1 Å². The molecule has 1 unspecified atom stereocenters. The second kappa shape index (κ2) is 5.43. The van der Waals surface area contributed by atoms with Crippen LogP contribution in [0.25, 0.3) is 0 Å². The van der Waals surface area contributed by atoms with Crippen molar-refractivity contribution in [3.63, 3.8) is 0 Å². The van der Waals surface area contributed by atoms with Crippen molar-refractivity contribution in [2.45, 2.75) is 54.4 Å². The van der Waals surface area contributed by atoms with E-state index in [4.69, 9.17) is 0 Å². The zero-order valence-electron chi connectivity index (χ0n) is 12.7. The van der Waals surface area contributed by atoms with Crippen LogP contribution in [0, 0.1) is 46.3 Å². The Balaban J connectivity index is 3.11. The third-order valence-corrected chi connectivity index (χ3v) is 5.09. The molecule has 4 atom stereocenters. The van der Waals surface area contributed by atoms with Gasteiger partial charge < -0.3 is 0 Å². The smallest absolute Gasteiger partial charge is 0.153 e. The minimum absolute atomic E-state index is 0.0261. The van der Waals surface area contributed by atoms with Crippen molar-refractivity contribution < 1.29 is 4.79 Å². The first-order chi connectivity index (χ1) is 8.24. The fraction of sp³-hybridized carbons (Fsp3) is 0.875. The molecule has 0 amide bonds.